The van der Waals surface area contributed by atoms with Gasteiger partial charge < -0.3 is 10.2 Å². The molecule has 3 aromatic rings. The van der Waals surface area contributed by atoms with E-state index < -0.39 is 0 Å². The molecule has 0 bridgehead atoms. The summed E-state index contributed by atoms with van der Waals surface area (Å²) in [6.45, 7) is 0. The lowest BCUT2D eigenvalue weighted by atomic mass is 10.2. The van der Waals surface area contributed by atoms with Crippen LogP contribution in [0.2, 0.25) is 0 Å². The molecule has 0 saturated carbocycles. The number of thioether (sulfide) groups is 1. The summed E-state index contributed by atoms with van der Waals surface area (Å²) in [5, 5.41) is 0.517. The number of nitrogens with zero attached hydrogens (tertiary/aromatic N) is 1. The van der Waals surface area contributed by atoms with Crippen LogP contribution < -0.4 is 5.73 Å². The third-order valence-electron chi connectivity index (χ3n) is 2.77. The number of fused-ring (bicyclic) bond motifs is 1. The third-order valence-corrected chi connectivity index (χ3v) is 3.62. The SMILES string of the molecule is Nc1cccc(F)c1CSc1nc2ccccc2o1. The number of rotatable bonds is 3. The van der Waals surface area contributed by atoms with Gasteiger partial charge in [-0.1, -0.05) is 30.0 Å². The molecule has 1 aromatic heterocycles. The van der Waals surface area contributed by atoms with Crippen LogP contribution in [0.25, 0.3) is 11.1 Å². The number of aromatic nitrogens is 1. The first-order valence-corrected chi connectivity index (χ1v) is 6.74. The molecule has 0 unspecified atom stereocenters. The highest BCUT2D eigenvalue weighted by atomic mass is 32.2. The topological polar surface area (TPSA) is 52.0 Å². The zero-order chi connectivity index (χ0) is 13.2. The summed E-state index contributed by atoms with van der Waals surface area (Å²) in [5.41, 5.74) is 8.21. The van der Waals surface area contributed by atoms with Crippen molar-refractivity contribution in [2.75, 3.05) is 5.73 Å². The number of nitrogen functional groups attached to an aromatic ring is 1. The molecule has 1 heterocycles. The van der Waals surface area contributed by atoms with Crippen molar-refractivity contribution in [3.63, 3.8) is 0 Å². The summed E-state index contributed by atoms with van der Waals surface area (Å²) < 4.78 is 19.2. The Bertz CT molecular complexity index is 673. The van der Waals surface area contributed by atoms with Crippen LogP contribution in [0.4, 0.5) is 10.1 Å². The van der Waals surface area contributed by atoms with Crippen LogP contribution in [0.5, 0.6) is 0 Å². The van der Waals surface area contributed by atoms with E-state index in [2.05, 4.69) is 4.98 Å². The van der Waals surface area contributed by atoms with Gasteiger partial charge in [0.05, 0.1) is 0 Å². The summed E-state index contributed by atoms with van der Waals surface area (Å²) in [6.07, 6.45) is 0. The fourth-order valence-corrected chi connectivity index (χ4v) is 2.66. The van der Waals surface area contributed by atoms with Gasteiger partial charge in [0.1, 0.15) is 11.3 Å². The zero-order valence-electron chi connectivity index (χ0n) is 9.97. The Labute approximate surface area is 113 Å². The average molecular weight is 274 g/mol. The van der Waals surface area contributed by atoms with Crippen LogP contribution in [0.15, 0.2) is 52.1 Å². The molecule has 0 atom stereocenters. The number of para-hydroxylation sites is 2. The Morgan fingerprint density at radius 3 is 2.79 bits per heavy atom. The molecule has 0 spiro atoms. The van der Waals surface area contributed by atoms with Crippen molar-refractivity contribution >= 4 is 28.5 Å². The molecule has 3 nitrogen and oxygen atoms in total. The minimum Gasteiger partial charge on any atom is -0.431 e. The van der Waals surface area contributed by atoms with E-state index in [0.29, 0.717) is 22.2 Å². The quantitative estimate of drug-likeness (QED) is 0.582. The molecule has 0 radical (unpaired) electrons. The van der Waals surface area contributed by atoms with E-state index in [9.17, 15) is 4.39 Å². The molecule has 3 rings (SSSR count). The van der Waals surface area contributed by atoms with Gasteiger partial charge in [-0.2, -0.15) is 0 Å². The van der Waals surface area contributed by atoms with Gasteiger partial charge in [-0.25, -0.2) is 9.37 Å². The molecule has 0 aliphatic rings. The van der Waals surface area contributed by atoms with Crippen LogP contribution in [0.1, 0.15) is 5.56 Å². The first-order chi connectivity index (χ1) is 9.24. The molecular weight excluding hydrogens is 263 g/mol. The molecule has 0 fully saturated rings. The number of hydrogen-bond acceptors (Lipinski definition) is 4. The van der Waals surface area contributed by atoms with Crippen LogP contribution >= 0.6 is 11.8 Å². The number of hydrogen-bond donors (Lipinski definition) is 1. The van der Waals surface area contributed by atoms with E-state index in [4.69, 9.17) is 10.2 Å². The largest absolute Gasteiger partial charge is 0.431 e. The molecule has 96 valence electrons. The maximum atomic E-state index is 13.6. The Kier molecular flexibility index (Phi) is 3.13. The highest BCUT2D eigenvalue weighted by Crippen LogP contribution is 2.29. The Balaban J connectivity index is 1.82. The van der Waals surface area contributed by atoms with Crippen LogP contribution in [-0.4, -0.2) is 4.98 Å². The lowest BCUT2D eigenvalue weighted by Crippen LogP contribution is -1.96. The predicted octanol–water partition coefficient (Wildman–Crippen LogP) is 3.84. The third kappa shape index (κ3) is 2.42. The minimum absolute atomic E-state index is 0.302. The lowest BCUT2D eigenvalue weighted by Gasteiger charge is -2.04. The summed E-state index contributed by atoms with van der Waals surface area (Å²) in [7, 11) is 0. The molecule has 2 N–H and O–H groups in total. The minimum atomic E-state index is -0.302. The van der Waals surface area contributed by atoms with Gasteiger partial charge in [-0.15, -0.1) is 0 Å². The smallest absolute Gasteiger partial charge is 0.257 e. The lowest BCUT2D eigenvalue weighted by molar-refractivity contribution is 0.489. The second-order valence-corrected chi connectivity index (χ2v) is 4.97. The van der Waals surface area contributed by atoms with Crippen molar-refractivity contribution in [3.8, 4) is 0 Å². The standard InChI is InChI=1S/C14H11FN2OS/c15-10-4-3-5-11(16)9(10)8-19-14-17-12-6-1-2-7-13(12)18-14/h1-7H,8,16H2. The normalized spacial score (nSPS) is 11.0. The second-order valence-electron chi connectivity index (χ2n) is 4.04. The van der Waals surface area contributed by atoms with E-state index in [1.165, 1.54) is 17.8 Å². The second kappa shape index (κ2) is 4.93. The van der Waals surface area contributed by atoms with Crippen molar-refractivity contribution in [2.45, 2.75) is 11.0 Å². The van der Waals surface area contributed by atoms with Gasteiger partial charge in [-0.3, -0.25) is 0 Å². The molecule has 0 saturated heterocycles. The maximum Gasteiger partial charge on any atom is 0.257 e. The highest BCUT2D eigenvalue weighted by Gasteiger charge is 2.10. The van der Waals surface area contributed by atoms with Crippen LogP contribution in [0, 0.1) is 5.82 Å². The monoisotopic (exact) mass is 274 g/mol. The van der Waals surface area contributed by atoms with Gasteiger partial charge in [0.2, 0.25) is 0 Å². The summed E-state index contributed by atoms with van der Waals surface area (Å²) in [6, 6.07) is 12.2. The number of nitrogens with two attached hydrogens (primary N) is 1. The van der Waals surface area contributed by atoms with Crippen molar-refractivity contribution in [3.05, 3.63) is 53.8 Å². The van der Waals surface area contributed by atoms with Crippen molar-refractivity contribution in [1.82, 2.24) is 4.98 Å². The summed E-state index contributed by atoms with van der Waals surface area (Å²) >= 11 is 1.33. The Morgan fingerprint density at radius 1 is 1.16 bits per heavy atom. The van der Waals surface area contributed by atoms with E-state index >= 15 is 0 Å². The fraction of sp³-hybridized carbons (Fsp3) is 0.0714. The molecule has 0 aliphatic carbocycles. The number of anilines is 1. The van der Waals surface area contributed by atoms with E-state index in [-0.39, 0.29) is 5.82 Å². The molecule has 5 heteroatoms. The molecule has 2 aromatic carbocycles. The summed E-state index contributed by atoms with van der Waals surface area (Å²) in [4.78, 5) is 4.32. The Hall–Kier alpha value is -2.01. The van der Waals surface area contributed by atoms with Crippen LogP contribution in [-0.2, 0) is 5.75 Å². The zero-order valence-corrected chi connectivity index (χ0v) is 10.8. The molecule has 0 aliphatic heterocycles. The first kappa shape index (κ1) is 12.0. The first-order valence-electron chi connectivity index (χ1n) is 5.75. The molecule has 0 amide bonds. The van der Waals surface area contributed by atoms with Gasteiger partial charge in [0, 0.05) is 17.0 Å². The predicted molar refractivity (Wildman–Crippen MR) is 74.4 cm³/mol. The van der Waals surface area contributed by atoms with E-state index in [1.807, 2.05) is 24.3 Å². The number of oxazole rings is 1. The highest BCUT2D eigenvalue weighted by molar-refractivity contribution is 7.98. The van der Waals surface area contributed by atoms with Crippen molar-refractivity contribution < 1.29 is 8.81 Å². The average Bonchev–Trinajstić information content (AvgIpc) is 2.81. The number of halogens is 1. The fourth-order valence-electron chi connectivity index (χ4n) is 1.77. The maximum absolute atomic E-state index is 13.6. The van der Waals surface area contributed by atoms with Crippen molar-refractivity contribution in [2.24, 2.45) is 0 Å². The van der Waals surface area contributed by atoms with Gasteiger partial charge in [0.15, 0.2) is 5.58 Å². The van der Waals surface area contributed by atoms with Gasteiger partial charge in [-0.05, 0) is 24.3 Å². The summed E-state index contributed by atoms with van der Waals surface area (Å²) in [5.74, 6) is 0.0920. The number of benzene rings is 2. The molecule has 19 heavy (non-hydrogen) atoms. The van der Waals surface area contributed by atoms with Gasteiger partial charge >= 0.3 is 0 Å². The van der Waals surface area contributed by atoms with Gasteiger partial charge in [0.25, 0.3) is 5.22 Å². The van der Waals surface area contributed by atoms with E-state index in [1.54, 1.807) is 12.1 Å². The van der Waals surface area contributed by atoms with Crippen molar-refractivity contribution in [1.29, 1.82) is 0 Å². The van der Waals surface area contributed by atoms with E-state index in [0.717, 1.165) is 11.1 Å². The van der Waals surface area contributed by atoms with Crippen LogP contribution in [0.3, 0.4) is 0 Å². The Morgan fingerprint density at radius 2 is 2.00 bits per heavy atom. The molecular formula is C14H11FN2OS.